The summed E-state index contributed by atoms with van der Waals surface area (Å²) in [7, 11) is 0. The van der Waals surface area contributed by atoms with Gasteiger partial charge in [0.1, 0.15) is 41.9 Å². The monoisotopic (exact) mass is 712 g/mol. The van der Waals surface area contributed by atoms with Crippen molar-refractivity contribution in [3.63, 3.8) is 0 Å². The van der Waals surface area contributed by atoms with E-state index in [1.807, 2.05) is 56.3 Å². The molecule has 0 unspecified atom stereocenters. The fraction of sp³-hybridized carbons (Fsp3) is 0.297. The molecule has 1 aliphatic rings. The number of phenolic OH excluding ortho intramolecular Hbond substituents is 1. The summed E-state index contributed by atoms with van der Waals surface area (Å²) in [6, 6.07) is 20.4. The van der Waals surface area contributed by atoms with Crippen molar-refractivity contribution in [1.29, 1.82) is 5.26 Å². The second kappa shape index (κ2) is 14.4. The van der Waals surface area contributed by atoms with Gasteiger partial charge in [0.25, 0.3) is 0 Å². The maximum atomic E-state index is 13.9. The van der Waals surface area contributed by atoms with Crippen LogP contribution in [0.2, 0.25) is 0 Å². The lowest BCUT2D eigenvalue weighted by Gasteiger charge is -2.26. The first-order valence-electron chi connectivity index (χ1n) is 15.5. The fourth-order valence-electron chi connectivity index (χ4n) is 5.29. The average molecular weight is 714 g/mol. The number of alkyl carbamates (subject to hydrolysis) is 1. The third-order valence-corrected chi connectivity index (χ3v) is 8.11. The van der Waals surface area contributed by atoms with E-state index in [9.17, 15) is 20.0 Å². The number of nitrogens with zero attached hydrogens (tertiary/aromatic N) is 2. The summed E-state index contributed by atoms with van der Waals surface area (Å²) in [5, 5.41) is 27.0. The lowest BCUT2D eigenvalue weighted by Crippen LogP contribution is -2.50. The van der Waals surface area contributed by atoms with E-state index in [4.69, 9.17) is 13.9 Å². The quantitative estimate of drug-likeness (QED) is 0.187. The van der Waals surface area contributed by atoms with Gasteiger partial charge in [-0.2, -0.15) is 5.26 Å². The highest BCUT2D eigenvalue weighted by atomic mass is 79.9. The van der Waals surface area contributed by atoms with Crippen molar-refractivity contribution in [3.8, 4) is 17.6 Å². The molecular weight excluding hydrogens is 676 g/mol. The van der Waals surface area contributed by atoms with Gasteiger partial charge in [0, 0.05) is 23.1 Å². The van der Waals surface area contributed by atoms with E-state index in [0.29, 0.717) is 32.5 Å². The van der Waals surface area contributed by atoms with Crippen LogP contribution in [0.1, 0.15) is 80.3 Å². The smallest absolute Gasteiger partial charge is 0.408 e. The van der Waals surface area contributed by atoms with E-state index in [2.05, 4.69) is 37.6 Å². The van der Waals surface area contributed by atoms with Crippen molar-refractivity contribution in [3.05, 3.63) is 111 Å². The highest BCUT2D eigenvalue weighted by Gasteiger charge is 2.33. The zero-order chi connectivity index (χ0) is 34.6. The standard InChI is InChI=1S/C37H37BrN4O6/c1-21(2)31-35-40-29(19-39)33(47-35)26(25-13-9-10-14-30(25)43)18-24-15-23(16-27(38)32(24)46-20-22-11-7-6-8-12-22)17-28(34(44)42-31)41-36(45)48-37(3,4)5/h6-16,18,21,28,31,43H,17,20H2,1-5H3,(H,41,45)(H,42,44)/b26-18-/t28-,31-/m0/s1. The largest absolute Gasteiger partial charge is 0.507 e. The SMILES string of the molecule is CC(C)[C@@H]1NC(=O)[C@@H](NC(=O)OC(C)(C)C)Cc2cc(Br)c(OCc3ccccc3)c(c2)/C=C(/c2ccccc2O)c2oc1nc2C#N. The van der Waals surface area contributed by atoms with Crippen LogP contribution in [0.5, 0.6) is 11.5 Å². The Kier molecular flexibility index (Phi) is 10.2. The Morgan fingerprint density at radius 2 is 1.88 bits per heavy atom. The third-order valence-electron chi connectivity index (χ3n) is 7.52. The normalized spacial score (nSPS) is 17.5. The summed E-state index contributed by atoms with van der Waals surface area (Å²) in [5.74, 6) is -0.0443. The summed E-state index contributed by atoms with van der Waals surface area (Å²) in [5.41, 5.74) is 2.16. The first kappa shape index (κ1) is 34.3. The molecule has 1 aromatic heterocycles. The van der Waals surface area contributed by atoms with Crippen molar-refractivity contribution >= 4 is 39.6 Å². The number of carbonyl (C=O) groups excluding carboxylic acids is 2. The summed E-state index contributed by atoms with van der Waals surface area (Å²) in [6.07, 6.45) is 1.12. The van der Waals surface area contributed by atoms with Gasteiger partial charge in [0.05, 0.1) is 4.47 Å². The van der Waals surface area contributed by atoms with Gasteiger partial charge >= 0.3 is 6.09 Å². The van der Waals surface area contributed by atoms with Gasteiger partial charge < -0.3 is 29.6 Å². The predicted octanol–water partition coefficient (Wildman–Crippen LogP) is 7.44. The Morgan fingerprint density at radius 1 is 1.17 bits per heavy atom. The van der Waals surface area contributed by atoms with E-state index in [0.717, 1.165) is 5.56 Å². The number of oxazole rings is 1. The van der Waals surface area contributed by atoms with Gasteiger partial charge in [0.15, 0.2) is 11.5 Å². The molecule has 4 aromatic rings. The van der Waals surface area contributed by atoms with Crippen molar-refractivity contribution in [2.45, 2.75) is 65.3 Å². The average Bonchev–Trinajstić information content (AvgIpc) is 3.45. The number of rotatable bonds is 6. The first-order valence-corrected chi connectivity index (χ1v) is 16.3. The molecular formula is C37H37BrN4O6. The van der Waals surface area contributed by atoms with Gasteiger partial charge in [-0.15, -0.1) is 0 Å². The minimum Gasteiger partial charge on any atom is -0.507 e. The Hall–Kier alpha value is -5.08. The van der Waals surface area contributed by atoms with E-state index in [1.165, 1.54) is 0 Å². The van der Waals surface area contributed by atoms with Gasteiger partial charge in [-0.3, -0.25) is 4.79 Å². The maximum absolute atomic E-state index is 13.9. The molecule has 248 valence electrons. The van der Waals surface area contributed by atoms with E-state index >= 15 is 0 Å². The zero-order valence-corrected chi connectivity index (χ0v) is 28.9. The number of nitriles is 1. The highest BCUT2D eigenvalue weighted by Crippen LogP contribution is 2.40. The number of carbonyl (C=O) groups is 2. The molecule has 0 spiro atoms. The van der Waals surface area contributed by atoms with Crippen molar-refractivity contribution in [2.75, 3.05) is 0 Å². The number of hydrogen-bond acceptors (Lipinski definition) is 8. The molecule has 2 amide bonds. The van der Waals surface area contributed by atoms with Crippen LogP contribution >= 0.6 is 15.9 Å². The molecule has 0 fully saturated rings. The second-order valence-electron chi connectivity index (χ2n) is 12.8. The Morgan fingerprint density at radius 3 is 2.54 bits per heavy atom. The van der Waals surface area contributed by atoms with Gasteiger partial charge in [-0.1, -0.05) is 62.4 Å². The number of aromatic hydroxyl groups is 1. The first-order chi connectivity index (χ1) is 22.8. The third kappa shape index (κ3) is 8.06. The van der Waals surface area contributed by atoms with Crippen molar-refractivity contribution in [1.82, 2.24) is 15.6 Å². The van der Waals surface area contributed by atoms with Crippen LogP contribution in [0, 0.1) is 17.2 Å². The molecule has 0 radical (unpaired) electrons. The lowest BCUT2D eigenvalue weighted by molar-refractivity contribution is -0.124. The number of amides is 2. The molecule has 10 nitrogen and oxygen atoms in total. The highest BCUT2D eigenvalue weighted by molar-refractivity contribution is 9.10. The van der Waals surface area contributed by atoms with E-state index < -0.39 is 29.7 Å². The molecule has 3 N–H and O–H groups in total. The predicted molar refractivity (Wildman–Crippen MR) is 184 cm³/mol. The minimum absolute atomic E-state index is 0.0261. The number of aromatic nitrogens is 1. The molecule has 4 bridgehead atoms. The zero-order valence-electron chi connectivity index (χ0n) is 27.3. The number of nitrogens with one attached hydrogen (secondary N) is 2. The van der Waals surface area contributed by atoms with E-state index in [1.54, 1.807) is 51.1 Å². The van der Waals surface area contributed by atoms with Crippen LogP contribution in [0.15, 0.2) is 75.6 Å². The number of fused-ring (bicyclic) bond motifs is 4. The minimum atomic E-state index is -1.05. The molecule has 11 heteroatoms. The van der Waals surface area contributed by atoms with Crippen LogP contribution in [0.4, 0.5) is 4.79 Å². The topological polar surface area (TPSA) is 147 Å². The molecule has 3 aromatic carbocycles. The Labute approximate surface area is 287 Å². The fourth-order valence-corrected chi connectivity index (χ4v) is 5.93. The lowest BCUT2D eigenvalue weighted by atomic mass is 9.96. The molecule has 0 aliphatic carbocycles. The molecule has 2 heterocycles. The summed E-state index contributed by atoms with van der Waals surface area (Å²) in [6.45, 7) is 9.24. The summed E-state index contributed by atoms with van der Waals surface area (Å²) in [4.78, 5) is 31.4. The number of hydrogen-bond donors (Lipinski definition) is 3. The maximum Gasteiger partial charge on any atom is 0.408 e. The molecule has 2 atom stereocenters. The number of benzene rings is 3. The molecule has 5 rings (SSSR count). The van der Waals surface area contributed by atoms with Gasteiger partial charge in [0.2, 0.25) is 11.8 Å². The van der Waals surface area contributed by atoms with Crippen molar-refractivity contribution in [2.24, 2.45) is 5.92 Å². The number of para-hydroxylation sites is 1. The molecule has 1 aliphatic heterocycles. The number of halogens is 1. The van der Waals surface area contributed by atoms with Crippen LogP contribution in [-0.4, -0.2) is 33.7 Å². The summed E-state index contributed by atoms with van der Waals surface area (Å²) < 4.78 is 18.8. The summed E-state index contributed by atoms with van der Waals surface area (Å²) >= 11 is 3.68. The van der Waals surface area contributed by atoms with Gasteiger partial charge in [-0.25, -0.2) is 9.78 Å². The van der Waals surface area contributed by atoms with Gasteiger partial charge in [-0.05, 0) is 78.0 Å². The molecule has 48 heavy (non-hydrogen) atoms. The van der Waals surface area contributed by atoms with Crippen LogP contribution in [-0.2, 0) is 22.6 Å². The molecule has 0 saturated carbocycles. The van der Waals surface area contributed by atoms with Crippen LogP contribution < -0.4 is 15.4 Å². The van der Waals surface area contributed by atoms with Crippen molar-refractivity contribution < 1.29 is 28.6 Å². The van der Waals surface area contributed by atoms with Crippen LogP contribution in [0.3, 0.4) is 0 Å². The second-order valence-corrected chi connectivity index (χ2v) is 13.7. The number of phenols is 1. The van der Waals surface area contributed by atoms with E-state index in [-0.39, 0.29) is 42.0 Å². The Balaban J connectivity index is 1.74. The van der Waals surface area contributed by atoms with Crippen LogP contribution in [0.25, 0.3) is 11.6 Å². The Bertz CT molecular complexity index is 1890. The number of ether oxygens (including phenoxy) is 2. The molecule has 0 saturated heterocycles.